The molecule has 5 nitrogen and oxygen atoms in total. The molecule has 0 bridgehead atoms. The number of hydrogen-bond donors (Lipinski definition) is 0. The Bertz CT molecular complexity index is 4140. The minimum absolute atomic E-state index is 0.0269. The summed E-state index contributed by atoms with van der Waals surface area (Å²) in [5, 5.41) is 2.32. The van der Waals surface area contributed by atoms with E-state index >= 15 is 0 Å². The Labute approximate surface area is 426 Å². The molecule has 9 aromatic carbocycles. The normalized spacial score (nSPS) is 12.2. The highest BCUT2D eigenvalue weighted by Crippen LogP contribution is 2.53. The average Bonchev–Trinajstić information content (AvgIpc) is 3.96. The van der Waals surface area contributed by atoms with Crippen molar-refractivity contribution >= 4 is 32.8 Å². The van der Waals surface area contributed by atoms with Crippen molar-refractivity contribution in [1.29, 1.82) is 0 Å². The van der Waals surface area contributed by atoms with Crippen molar-refractivity contribution in [2.24, 2.45) is 0 Å². The third-order valence-electron chi connectivity index (χ3n) is 14.7. The largest absolute Gasteiger partial charge is 0.458 e. The van der Waals surface area contributed by atoms with E-state index in [9.17, 15) is 0 Å². The maximum atomic E-state index is 6.88. The Morgan fingerprint density at radius 3 is 1.74 bits per heavy atom. The first-order valence-electron chi connectivity index (χ1n) is 25.3. The van der Waals surface area contributed by atoms with Gasteiger partial charge in [0.25, 0.3) is 6.33 Å². The Hall–Kier alpha value is -8.80. The van der Waals surface area contributed by atoms with Crippen LogP contribution in [0.3, 0.4) is 0 Å². The average molecular weight is 943 g/mol. The fourth-order valence-electron chi connectivity index (χ4n) is 11.2. The van der Waals surface area contributed by atoms with Crippen molar-refractivity contribution in [3.63, 3.8) is 0 Å². The smallest absolute Gasteiger partial charge is 0.269 e. The van der Waals surface area contributed by atoms with Crippen LogP contribution in [0.1, 0.15) is 52.7 Å². The second-order valence-corrected chi connectivity index (χ2v) is 21.4. The van der Waals surface area contributed by atoms with Crippen LogP contribution in [0, 0.1) is 6.33 Å². The number of para-hydroxylation sites is 3. The molecule has 0 spiro atoms. The van der Waals surface area contributed by atoms with Gasteiger partial charge in [-0.1, -0.05) is 199 Å². The molecule has 0 atom stereocenters. The summed E-state index contributed by atoms with van der Waals surface area (Å²) in [5.41, 5.74) is 20.4. The Balaban J connectivity index is 1.02. The number of aromatic nitrogens is 4. The zero-order valence-electron chi connectivity index (χ0n) is 42.0. The van der Waals surface area contributed by atoms with Crippen LogP contribution in [0.25, 0.3) is 106 Å². The number of hydrogen-bond acceptors (Lipinski definition) is 2. The van der Waals surface area contributed by atoms with Gasteiger partial charge in [0.1, 0.15) is 17.3 Å². The van der Waals surface area contributed by atoms with Crippen LogP contribution in [-0.2, 0) is 10.8 Å². The highest BCUT2D eigenvalue weighted by atomic mass is 16.5. The van der Waals surface area contributed by atoms with Gasteiger partial charge in [-0.3, -0.25) is 13.7 Å². The van der Waals surface area contributed by atoms with Crippen molar-refractivity contribution in [1.82, 2.24) is 14.1 Å². The number of rotatable bonds is 6. The van der Waals surface area contributed by atoms with Crippen LogP contribution in [-0.4, -0.2) is 14.1 Å². The zero-order valence-corrected chi connectivity index (χ0v) is 42.0. The number of nitrogens with zero attached hydrogens (tertiary/aromatic N) is 4. The molecule has 0 saturated heterocycles. The molecule has 352 valence electrons. The number of imidazole rings is 1. The number of benzene rings is 9. The van der Waals surface area contributed by atoms with Gasteiger partial charge < -0.3 is 4.74 Å². The van der Waals surface area contributed by atoms with Crippen LogP contribution >= 0.6 is 0 Å². The van der Waals surface area contributed by atoms with Crippen molar-refractivity contribution in [2.75, 3.05) is 0 Å². The predicted octanol–water partition coefficient (Wildman–Crippen LogP) is 17.2. The van der Waals surface area contributed by atoms with E-state index in [4.69, 9.17) is 9.72 Å². The van der Waals surface area contributed by atoms with Gasteiger partial charge >= 0.3 is 0 Å². The molecule has 0 saturated carbocycles. The highest BCUT2D eigenvalue weighted by molar-refractivity contribution is 6.10. The summed E-state index contributed by atoms with van der Waals surface area (Å²) in [7, 11) is 0. The molecule has 0 unspecified atom stereocenters. The molecule has 0 aliphatic heterocycles. The summed E-state index contributed by atoms with van der Waals surface area (Å²) in [6.07, 6.45) is 5.93. The first kappa shape index (κ1) is 44.2. The topological polar surface area (TPSA) is 35.9 Å². The molecule has 0 fully saturated rings. The fraction of sp³-hybridized carbons (Fsp3) is 0.118. The minimum Gasteiger partial charge on any atom is -0.458 e. The van der Waals surface area contributed by atoms with Gasteiger partial charge in [0.15, 0.2) is 0 Å². The third-order valence-corrected chi connectivity index (χ3v) is 14.7. The zero-order chi connectivity index (χ0) is 49.6. The SMILES string of the molecule is CC(C)(C)c1ccnc(-n2c3ccccc3c3ccc(Oc4cccc(-n5[c-][n+](-c6c7c(cc(C(C)(C)C)c6-c6ccccc6)-c6ccccc6-c6ccccc6-c6ccccc6-7)c6ccccc65)c4)cc32)c1. The van der Waals surface area contributed by atoms with Crippen LogP contribution in [0.4, 0.5) is 0 Å². The number of ether oxygens (including phenoxy) is 1. The van der Waals surface area contributed by atoms with Crippen LogP contribution in [0.5, 0.6) is 11.5 Å². The van der Waals surface area contributed by atoms with E-state index in [-0.39, 0.29) is 10.8 Å². The van der Waals surface area contributed by atoms with Gasteiger partial charge in [0.2, 0.25) is 0 Å². The summed E-state index contributed by atoms with van der Waals surface area (Å²) in [5.74, 6) is 2.34. The lowest BCUT2D eigenvalue weighted by Crippen LogP contribution is -2.33. The van der Waals surface area contributed by atoms with E-state index in [1.54, 1.807) is 0 Å². The first-order chi connectivity index (χ1) is 35.5. The van der Waals surface area contributed by atoms with Crippen LogP contribution in [0.2, 0.25) is 0 Å². The second kappa shape index (κ2) is 16.9. The molecule has 5 heteroatoms. The van der Waals surface area contributed by atoms with Crippen molar-refractivity contribution in [3.05, 3.63) is 236 Å². The molecule has 12 aromatic rings. The lowest BCUT2D eigenvalue weighted by atomic mass is 9.74. The standard InChI is InChI=1S/C68H54N4O/c1-67(2,3)45-37-38-69-63(39-45)72-59-32-17-16-30-54(59)55-36-35-48(41-62(55)72)73-47-24-20-23-46(40-47)70-43-71(61-34-19-18-33-60(61)70)66-64(44-21-8-7-9-22-44)58(68(4,5)6)42-57-53-29-13-12-27-51(53)49-25-10-11-26-50(49)52-28-14-15-31-56(52)65(57)66/h7-42H,1-6H3. The van der Waals surface area contributed by atoms with Crippen molar-refractivity contribution < 1.29 is 9.30 Å². The lowest BCUT2D eigenvalue weighted by molar-refractivity contribution is -0.571. The van der Waals surface area contributed by atoms with E-state index < -0.39 is 0 Å². The molecule has 73 heavy (non-hydrogen) atoms. The summed E-state index contributed by atoms with van der Waals surface area (Å²) in [6.45, 7) is 13.7. The number of pyridine rings is 1. The molecule has 1 aliphatic rings. The van der Waals surface area contributed by atoms with Crippen molar-refractivity contribution in [3.8, 4) is 84.3 Å². The molecular weight excluding hydrogens is 889 g/mol. The summed E-state index contributed by atoms with van der Waals surface area (Å²) >= 11 is 0. The highest BCUT2D eigenvalue weighted by Gasteiger charge is 2.32. The molecule has 3 aromatic heterocycles. The second-order valence-electron chi connectivity index (χ2n) is 21.4. The molecule has 0 amide bonds. The molecule has 0 radical (unpaired) electrons. The summed E-state index contributed by atoms with van der Waals surface area (Å²) in [4.78, 5) is 4.92. The van der Waals surface area contributed by atoms with E-state index in [2.05, 4.69) is 268 Å². The molecule has 13 rings (SSSR count). The Morgan fingerprint density at radius 2 is 1.04 bits per heavy atom. The van der Waals surface area contributed by atoms with E-state index in [1.165, 1.54) is 66.6 Å². The summed E-state index contributed by atoms with van der Waals surface area (Å²) < 4.78 is 13.7. The molecule has 0 N–H and O–H groups in total. The van der Waals surface area contributed by atoms with Gasteiger partial charge in [-0.25, -0.2) is 4.98 Å². The Kier molecular flexibility index (Phi) is 10.2. The summed E-state index contributed by atoms with van der Waals surface area (Å²) in [6, 6.07) is 76.5. The maximum Gasteiger partial charge on any atom is 0.269 e. The Morgan fingerprint density at radius 1 is 0.452 bits per heavy atom. The minimum atomic E-state index is -0.237. The maximum absolute atomic E-state index is 6.88. The van der Waals surface area contributed by atoms with Gasteiger partial charge in [0.05, 0.1) is 33.4 Å². The van der Waals surface area contributed by atoms with Gasteiger partial charge in [0, 0.05) is 28.6 Å². The van der Waals surface area contributed by atoms with Crippen molar-refractivity contribution in [2.45, 2.75) is 52.4 Å². The van der Waals surface area contributed by atoms with Crippen LogP contribution in [0.15, 0.2) is 219 Å². The number of fused-ring (bicyclic) bond motifs is 12. The molecule has 3 heterocycles. The van der Waals surface area contributed by atoms with Gasteiger partial charge in [-0.15, -0.1) is 0 Å². The molecule has 1 aliphatic carbocycles. The van der Waals surface area contributed by atoms with Crippen LogP contribution < -0.4 is 9.30 Å². The fourth-order valence-corrected chi connectivity index (χ4v) is 11.2. The van der Waals surface area contributed by atoms with Gasteiger partial charge in [-0.2, -0.15) is 0 Å². The molecular formula is C68H54N4O. The first-order valence-corrected chi connectivity index (χ1v) is 25.3. The monoisotopic (exact) mass is 942 g/mol. The predicted molar refractivity (Wildman–Crippen MR) is 300 cm³/mol. The van der Waals surface area contributed by atoms with E-state index in [0.717, 1.165) is 61.7 Å². The lowest BCUT2D eigenvalue weighted by Gasteiger charge is -2.32. The van der Waals surface area contributed by atoms with Gasteiger partial charge in [-0.05, 0) is 121 Å². The van der Waals surface area contributed by atoms with E-state index in [0.29, 0.717) is 0 Å². The quantitative estimate of drug-likeness (QED) is 0.123. The third kappa shape index (κ3) is 7.37. The van der Waals surface area contributed by atoms with E-state index in [1.807, 2.05) is 12.3 Å².